The monoisotopic (exact) mass is 320 g/mol. The highest BCUT2D eigenvalue weighted by Gasteiger charge is 2.17. The van der Waals surface area contributed by atoms with E-state index in [1.165, 1.54) is 6.33 Å². The predicted octanol–water partition coefficient (Wildman–Crippen LogP) is 2.98. The number of nitrogens with one attached hydrogen (secondary N) is 1. The van der Waals surface area contributed by atoms with E-state index in [2.05, 4.69) is 37.6 Å². The quantitative estimate of drug-likeness (QED) is 0.609. The average molecular weight is 320 g/mol. The molecule has 120 valence electrons. The lowest BCUT2D eigenvalue weighted by molar-refractivity contribution is 0.442. The molecule has 1 atom stereocenters. The topological polar surface area (TPSA) is 81.7 Å². The molecular weight excluding hydrogens is 304 g/mol. The SMILES string of the molecule is Cc1noc2ncnc(N[C@@H](Cn3ccnc3)c3ccccc3)c12. The molecule has 0 saturated heterocycles. The number of fused-ring (bicyclic) bond motifs is 1. The normalized spacial score (nSPS) is 12.4. The van der Waals surface area contributed by atoms with Crippen LogP contribution >= 0.6 is 0 Å². The van der Waals surface area contributed by atoms with Crippen molar-refractivity contribution in [3.05, 3.63) is 66.6 Å². The molecule has 1 N–H and O–H groups in total. The zero-order valence-corrected chi connectivity index (χ0v) is 13.1. The van der Waals surface area contributed by atoms with E-state index in [1.54, 1.807) is 12.5 Å². The molecule has 3 aromatic heterocycles. The van der Waals surface area contributed by atoms with E-state index < -0.39 is 0 Å². The average Bonchev–Trinajstić information content (AvgIpc) is 3.26. The largest absolute Gasteiger partial charge is 0.361 e. The Kier molecular flexibility index (Phi) is 3.66. The fraction of sp³-hybridized carbons (Fsp3) is 0.176. The third-order valence-electron chi connectivity index (χ3n) is 3.91. The molecule has 0 radical (unpaired) electrons. The van der Waals surface area contributed by atoms with Gasteiger partial charge in [-0.25, -0.2) is 9.97 Å². The van der Waals surface area contributed by atoms with Crippen molar-refractivity contribution in [2.24, 2.45) is 0 Å². The highest BCUT2D eigenvalue weighted by molar-refractivity contribution is 5.87. The van der Waals surface area contributed by atoms with Gasteiger partial charge in [-0.3, -0.25) is 0 Å². The number of rotatable bonds is 5. The van der Waals surface area contributed by atoms with Crippen LogP contribution in [0.5, 0.6) is 0 Å². The molecule has 1 aromatic carbocycles. The summed E-state index contributed by atoms with van der Waals surface area (Å²) in [4.78, 5) is 12.6. The van der Waals surface area contributed by atoms with Crippen molar-refractivity contribution in [2.75, 3.05) is 5.32 Å². The van der Waals surface area contributed by atoms with Gasteiger partial charge in [0.25, 0.3) is 5.71 Å². The Hall–Kier alpha value is -3.22. The summed E-state index contributed by atoms with van der Waals surface area (Å²) >= 11 is 0. The van der Waals surface area contributed by atoms with E-state index in [9.17, 15) is 0 Å². The van der Waals surface area contributed by atoms with Crippen LogP contribution in [-0.2, 0) is 6.54 Å². The van der Waals surface area contributed by atoms with Gasteiger partial charge in [0.15, 0.2) is 0 Å². The van der Waals surface area contributed by atoms with Gasteiger partial charge in [0, 0.05) is 18.9 Å². The molecule has 0 aliphatic carbocycles. The van der Waals surface area contributed by atoms with Gasteiger partial charge in [0.2, 0.25) is 0 Å². The number of nitrogens with zero attached hydrogens (tertiary/aromatic N) is 5. The number of benzene rings is 1. The van der Waals surface area contributed by atoms with Crippen molar-refractivity contribution in [1.29, 1.82) is 0 Å². The first-order chi connectivity index (χ1) is 11.8. The summed E-state index contributed by atoms with van der Waals surface area (Å²) < 4.78 is 7.26. The summed E-state index contributed by atoms with van der Waals surface area (Å²) in [6, 6.07) is 10.3. The van der Waals surface area contributed by atoms with Crippen molar-refractivity contribution in [3.63, 3.8) is 0 Å². The maximum Gasteiger partial charge on any atom is 0.263 e. The Bertz CT molecular complexity index is 932. The molecule has 0 amide bonds. The summed E-state index contributed by atoms with van der Waals surface area (Å²) in [5.41, 5.74) is 2.41. The third kappa shape index (κ3) is 2.71. The van der Waals surface area contributed by atoms with Gasteiger partial charge >= 0.3 is 0 Å². The van der Waals surface area contributed by atoms with E-state index in [-0.39, 0.29) is 6.04 Å². The van der Waals surface area contributed by atoms with Crippen molar-refractivity contribution < 1.29 is 4.52 Å². The standard InChI is InChI=1S/C17H16N6O/c1-12-15-16(19-10-20-17(15)24-22-12)21-14(9-23-8-7-18-11-23)13-5-3-2-4-6-13/h2-8,10-11,14H,9H2,1H3,(H,19,20,21)/t14-/m0/s1. The number of hydrogen-bond donors (Lipinski definition) is 1. The Morgan fingerprint density at radius 1 is 1.21 bits per heavy atom. The smallest absolute Gasteiger partial charge is 0.263 e. The minimum absolute atomic E-state index is 0.0211. The van der Waals surface area contributed by atoms with Gasteiger partial charge in [0.05, 0.1) is 18.1 Å². The summed E-state index contributed by atoms with van der Waals surface area (Å²) in [6.07, 6.45) is 7.00. The molecule has 0 spiro atoms. The molecule has 4 rings (SSSR count). The Morgan fingerprint density at radius 3 is 2.88 bits per heavy atom. The zero-order chi connectivity index (χ0) is 16.4. The molecule has 7 nitrogen and oxygen atoms in total. The molecule has 24 heavy (non-hydrogen) atoms. The minimum atomic E-state index is 0.0211. The molecule has 7 heteroatoms. The Morgan fingerprint density at radius 2 is 2.08 bits per heavy atom. The molecule has 0 aliphatic heterocycles. The number of imidazole rings is 1. The van der Waals surface area contributed by atoms with Crippen molar-refractivity contribution in [1.82, 2.24) is 24.7 Å². The van der Waals surface area contributed by atoms with Crippen LogP contribution in [-0.4, -0.2) is 24.7 Å². The van der Waals surface area contributed by atoms with Gasteiger partial charge in [-0.05, 0) is 12.5 Å². The van der Waals surface area contributed by atoms with Crippen LogP contribution in [0.4, 0.5) is 5.82 Å². The molecule has 3 heterocycles. The van der Waals surface area contributed by atoms with Crippen LogP contribution in [0.2, 0.25) is 0 Å². The molecular formula is C17H16N6O. The first-order valence-electron chi connectivity index (χ1n) is 7.65. The van der Waals surface area contributed by atoms with E-state index in [0.29, 0.717) is 11.5 Å². The van der Waals surface area contributed by atoms with E-state index in [1.807, 2.05) is 35.9 Å². The van der Waals surface area contributed by atoms with Crippen LogP contribution in [0.3, 0.4) is 0 Å². The number of anilines is 1. The summed E-state index contributed by atoms with van der Waals surface area (Å²) in [7, 11) is 0. The second-order valence-corrected chi connectivity index (χ2v) is 5.54. The second kappa shape index (κ2) is 6.11. The highest BCUT2D eigenvalue weighted by atomic mass is 16.5. The first-order valence-corrected chi connectivity index (χ1v) is 7.65. The molecule has 4 aromatic rings. The predicted molar refractivity (Wildman–Crippen MR) is 89.4 cm³/mol. The summed E-state index contributed by atoms with van der Waals surface area (Å²) in [5.74, 6) is 0.715. The molecule has 0 aliphatic rings. The van der Waals surface area contributed by atoms with E-state index in [0.717, 1.165) is 23.2 Å². The fourth-order valence-electron chi connectivity index (χ4n) is 2.72. The van der Waals surface area contributed by atoms with Gasteiger partial charge in [-0.15, -0.1) is 0 Å². The second-order valence-electron chi connectivity index (χ2n) is 5.54. The van der Waals surface area contributed by atoms with E-state index in [4.69, 9.17) is 4.52 Å². The van der Waals surface area contributed by atoms with Crippen LogP contribution in [0, 0.1) is 6.92 Å². The van der Waals surface area contributed by atoms with Crippen molar-refractivity contribution >= 4 is 16.9 Å². The van der Waals surface area contributed by atoms with Crippen LogP contribution < -0.4 is 5.32 Å². The first kappa shape index (κ1) is 14.4. The maximum atomic E-state index is 5.23. The minimum Gasteiger partial charge on any atom is -0.361 e. The third-order valence-corrected chi connectivity index (χ3v) is 3.91. The number of aryl methyl sites for hydroxylation is 1. The molecule has 0 fully saturated rings. The van der Waals surface area contributed by atoms with E-state index >= 15 is 0 Å². The lowest BCUT2D eigenvalue weighted by atomic mass is 10.1. The van der Waals surface area contributed by atoms with Crippen molar-refractivity contribution in [2.45, 2.75) is 19.5 Å². The summed E-state index contributed by atoms with van der Waals surface area (Å²) in [5, 5.41) is 8.29. The fourth-order valence-corrected chi connectivity index (χ4v) is 2.72. The van der Waals surface area contributed by atoms with Crippen LogP contribution in [0.1, 0.15) is 17.3 Å². The Labute approximate surface area is 138 Å². The lowest BCUT2D eigenvalue weighted by Crippen LogP contribution is -2.18. The van der Waals surface area contributed by atoms with Crippen LogP contribution in [0.25, 0.3) is 11.1 Å². The number of hydrogen-bond acceptors (Lipinski definition) is 6. The zero-order valence-electron chi connectivity index (χ0n) is 13.1. The van der Waals surface area contributed by atoms with Crippen molar-refractivity contribution in [3.8, 4) is 0 Å². The van der Waals surface area contributed by atoms with Gasteiger partial charge in [-0.2, -0.15) is 4.98 Å². The molecule has 0 bridgehead atoms. The van der Waals surface area contributed by atoms with Gasteiger partial charge < -0.3 is 14.4 Å². The van der Waals surface area contributed by atoms with Gasteiger partial charge in [0.1, 0.15) is 17.5 Å². The van der Waals surface area contributed by atoms with Gasteiger partial charge in [-0.1, -0.05) is 35.5 Å². The molecule has 0 saturated carbocycles. The highest BCUT2D eigenvalue weighted by Crippen LogP contribution is 2.27. The molecule has 0 unspecified atom stereocenters. The summed E-state index contributed by atoms with van der Waals surface area (Å²) in [6.45, 7) is 2.60. The number of aromatic nitrogens is 5. The Balaban J connectivity index is 1.72. The lowest BCUT2D eigenvalue weighted by Gasteiger charge is -2.20. The maximum absolute atomic E-state index is 5.23. The van der Waals surface area contributed by atoms with Crippen LogP contribution in [0.15, 0.2) is 59.9 Å².